The topological polar surface area (TPSA) is 44.4 Å². The molecule has 5 heteroatoms. The fourth-order valence-electron chi connectivity index (χ4n) is 2.49. The fraction of sp³-hybridized carbons (Fsp3) is 0.500. The van der Waals surface area contributed by atoms with Crippen LogP contribution in [0.5, 0.6) is 0 Å². The van der Waals surface area contributed by atoms with Crippen LogP contribution >= 0.6 is 11.6 Å². The van der Waals surface area contributed by atoms with Crippen LogP contribution in [0.4, 0.5) is 5.69 Å². The molecule has 1 amide bonds. The second kappa shape index (κ2) is 5.39. The number of amides is 1. The van der Waals surface area contributed by atoms with E-state index in [2.05, 4.69) is 15.5 Å². The number of hydrogen-bond donors (Lipinski definition) is 2. The van der Waals surface area contributed by atoms with E-state index < -0.39 is 5.54 Å². The highest BCUT2D eigenvalue weighted by atomic mass is 35.5. The van der Waals surface area contributed by atoms with Gasteiger partial charge in [-0.05, 0) is 32.5 Å². The Balaban J connectivity index is 2.48. The van der Waals surface area contributed by atoms with Gasteiger partial charge in [-0.1, -0.05) is 23.7 Å². The van der Waals surface area contributed by atoms with Crippen molar-refractivity contribution in [3.8, 4) is 0 Å². The third-order valence-corrected chi connectivity index (χ3v) is 3.86. The van der Waals surface area contributed by atoms with E-state index in [0.29, 0.717) is 11.6 Å². The summed E-state index contributed by atoms with van der Waals surface area (Å²) in [5, 5.41) is 6.74. The summed E-state index contributed by atoms with van der Waals surface area (Å²) in [5.74, 6) is 0.0362. The molecule has 2 N–H and O–H groups in total. The minimum atomic E-state index is -0.592. The maximum Gasteiger partial charge on any atom is 0.245 e. The average Bonchev–Trinajstić information content (AvgIpc) is 2.35. The molecule has 0 atom stereocenters. The molecule has 0 saturated carbocycles. The van der Waals surface area contributed by atoms with E-state index in [4.69, 9.17) is 11.6 Å². The highest BCUT2D eigenvalue weighted by Crippen LogP contribution is 2.35. The Morgan fingerprint density at radius 1 is 1.47 bits per heavy atom. The Kier molecular flexibility index (Phi) is 4.02. The van der Waals surface area contributed by atoms with E-state index in [1.807, 2.05) is 39.1 Å². The highest BCUT2D eigenvalue weighted by molar-refractivity contribution is 6.33. The summed E-state index contributed by atoms with van der Waals surface area (Å²) in [6.45, 7) is 5.98. The third-order valence-electron chi connectivity index (χ3n) is 3.56. The van der Waals surface area contributed by atoms with Gasteiger partial charge in [-0.2, -0.15) is 0 Å². The summed E-state index contributed by atoms with van der Waals surface area (Å²) >= 11 is 6.37. The summed E-state index contributed by atoms with van der Waals surface area (Å²) in [7, 11) is 1.90. The van der Waals surface area contributed by atoms with E-state index in [0.717, 1.165) is 24.3 Å². The Labute approximate surface area is 119 Å². The number of piperazine rings is 1. The molecular formula is C14H20ClN3O. The first-order chi connectivity index (χ1) is 8.98. The van der Waals surface area contributed by atoms with Crippen LogP contribution < -0.4 is 15.5 Å². The van der Waals surface area contributed by atoms with Crippen LogP contribution in [-0.2, 0) is 11.3 Å². The smallest absolute Gasteiger partial charge is 0.245 e. The molecule has 0 aliphatic carbocycles. The van der Waals surface area contributed by atoms with Gasteiger partial charge in [-0.25, -0.2) is 0 Å². The van der Waals surface area contributed by atoms with Crippen molar-refractivity contribution < 1.29 is 4.79 Å². The Morgan fingerprint density at radius 3 is 2.89 bits per heavy atom. The van der Waals surface area contributed by atoms with Crippen molar-refractivity contribution in [2.24, 2.45) is 0 Å². The number of anilines is 1. The lowest BCUT2D eigenvalue weighted by molar-refractivity contribution is -0.126. The SMILES string of the molecule is CNCc1cccc(Cl)c1N1CCNC(=O)C1(C)C. The fourth-order valence-corrected chi connectivity index (χ4v) is 2.78. The van der Waals surface area contributed by atoms with Crippen molar-refractivity contribution in [2.75, 3.05) is 25.0 Å². The number of nitrogens with one attached hydrogen (secondary N) is 2. The van der Waals surface area contributed by atoms with Crippen molar-refractivity contribution in [1.29, 1.82) is 0 Å². The van der Waals surface area contributed by atoms with Crippen molar-refractivity contribution in [2.45, 2.75) is 25.9 Å². The van der Waals surface area contributed by atoms with E-state index >= 15 is 0 Å². The molecule has 1 aliphatic heterocycles. The molecule has 0 radical (unpaired) electrons. The van der Waals surface area contributed by atoms with Crippen molar-refractivity contribution in [3.63, 3.8) is 0 Å². The van der Waals surface area contributed by atoms with Gasteiger partial charge in [0.05, 0.1) is 10.7 Å². The van der Waals surface area contributed by atoms with Crippen LogP contribution in [0.1, 0.15) is 19.4 Å². The second-order valence-corrected chi connectivity index (χ2v) is 5.65. The molecular weight excluding hydrogens is 262 g/mol. The van der Waals surface area contributed by atoms with Gasteiger partial charge in [0.1, 0.15) is 5.54 Å². The van der Waals surface area contributed by atoms with Crippen LogP contribution in [0, 0.1) is 0 Å². The lowest BCUT2D eigenvalue weighted by atomic mass is 9.96. The summed E-state index contributed by atoms with van der Waals surface area (Å²) < 4.78 is 0. The average molecular weight is 282 g/mol. The van der Waals surface area contributed by atoms with Gasteiger partial charge in [0.25, 0.3) is 0 Å². The van der Waals surface area contributed by atoms with Crippen LogP contribution in [0.25, 0.3) is 0 Å². The zero-order valence-corrected chi connectivity index (χ0v) is 12.3. The first-order valence-corrected chi connectivity index (χ1v) is 6.84. The minimum absolute atomic E-state index is 0.0362. The molecule has 104 valence electrons. The van der Waals surface area contributed by atoms with Gasteiger partial charge in [0.2, 0.25) is 5.91 Å². The summed E-state index contributed by atoms with van der Waals surface area (Å²) in [6.07, 6.45) is 0. The zero-order chi connectivity index (χ0) is 14.0. The molecule has 4 nitrogen and oxygen atoms in total. The third kappa shape index (κ3) is 2.55. The first kappa shape index (κ1) is 14.2. The molecule has 1 fully saturated rings. The largest absolute Gasteiger partial charge is 0.354 e. The minimum Gasteiger partial charge on any atom is -0.354 e. The van der Waals surface area contributed by atoms with Gasteiger partial charge in [0.15, 0.2) is 0 Å². The molecule has 1 aromatic carbocycles. The van der Waals surface area contributed by atoms with Crippen molar-refractivity contribution in [3.05, 3.63) is 28.8 Å². The summed E-state index contributed by atoms with van der Waals surface area (Å²) in [4.78, 5) is 14.2. The number of halogens is 1. The van der Waals surface area contributed by atoms with E-state index in [9.17, 15) is 4.79 Å². The standard InChI is InChI=1S/C14H20ClN3O/c1-14(2)13(19)17-7-8-18(14)12-10(9-16-3)5-4-6-11(12)15/h4-6,16H,7-9H2,1-3H3,(H,17,19). The maximum atomic E-state index is 12.1. The van der Waals surface area contributed by atoms with Crippen LogP contribution in [-0.4, -0.2) is 31.6 Å². The normalized spacial score (nSPS) is 18.3. The predicted molar refractivity (Wildman–Crippen MR) is 78.7 cm³/mol. The monoisotopic (exact) mass is 281 g/mol. The molecule has 1 aliphatic rings. The van der Waals surface area contributed by atoms with Gasteiger partial charge in [-0.15, -0.1) is 0 Å². The Morgan fingerprint density at radius 2 is 2.21 bits per heavy atom. The van der Waals surface area contributed by atoms with Crippen molar-refractivity contribution in [1.82, 2.24) is 10.6 Å². The Hall–Kier alpha value is -1.26. The summed E-state index contributed by atoms with van der Waals surface area (Å²) in [5.41, 5.74) is 1.47. The molecule has 2 rings (SSSR count). The van der Waals surface area contributed by atoms with E-state index in [-0.39, 0.29) is 5.91 Å². The lowest BCUT2D eigenvalue weighted by Crippen LogP contribution is -2.62. The van der Waals surface area contributed by atoms with Crippen molar-refractivity contribution >= 4 is 23.2 Å². The number of carbonyl (C=O) groups excluding carboxylic acids is 1. The number of carbonyl (C=O) groups is 1. The first-order valence-electron chi connectivity index (χ1n) is 6.46. The molecule has 1 saturated heterocycles. The Bertz CT molecular complexity index is 488. The molecule has 0 aromatic heterocycles. The van der Waals surface area contributed by atoms with Gasteiger partial charge in [0, 0.05) is 19.6 Å². The quantitative estimate of drug-likeness (QED) is 0.888. The zero-order valence-electron chi connectivity index (χ0n) is 11.6. The number of nitrogens with zero attached hydrogens (tertiary/aromatic N) is 1. The van der Waals surface area contributed by atoms with Crippen LogP contribution in [0.2, 0.25) is 5.02 Å². The van der Waals surface area contributed by atoms with Gasteiger partial charge in [-0.3, -0.25) is 4.79 Å². The van der Waals surface area contributed by atoms with E-state index in [1.165, 1.54) is 0 Å². The summed E-state index contributed by atoms with van der Waals surface area (Å²) in [6, 6.07) is 5.86. The van der Waals surface area contributed by atoms with Gasteiger partial charge < -0.3 is 15.5 Å². The molecule has 0 bridgehead atoms. The second-order valence-electron chi connectivity index (χ2n) is 5.24. The number of para-hydroxylation sites is 1. The predicted octanol–water partition coefficient (Wildman–Crippen LogP) is 1.77. The van der Waals surface area contributed by atoms with Crippen LogP contribution in [0.3, 0.4) is 0 Å². The van der Waals surface area contributed by atoms with Crippen LogP contribution in [0.15, 0.2) is 18.2 Å². The molecule has 0 spiro atoms. The number of hydrogen-bond acceptors (Lipinski definition) is 3. The maximum absolute atomic E-state index is 12.1. The lowest BCUT2D eigenvalue weighted by Gasteiger charge is -2.44. The molecule has 19 heavy (non-hydrogen) atoms. The highest BCUT2D eigenvalue weighted by Gasteiger charge is 2.39. The molecule has 1 aromatic rings. The molecule has 1 heterocycles. The molecule has 0 unspecified atom stereocenters. The number of rotatable bonds is 3. The van der Waals surface area contributed by atoms with E-state index in [1.54, 1.807) is 0 Å². The van der Waals surface area contributed by atoms with Gasteiger partial charge >= 0.3 is 0 Å². The number of benzene rings is 1.